The summed E-state index contributed by atoms with van der Waals surface area (Å²) >= 11 is 6.41. The number of ether oxygens (including phenoxy) is 1. The summed E-state index contributed by atoms with van der Waals surface area (Å²) < 4.78 is 9.68. The molecule has 0 spiro atoms. The second-order valence-corrected chi connectivity index (χ2v) is 17.4. The average molecular weight is 730 g/mol. The minimum atomic E-state index is -0.507. The number of aryl methyl sites for hydroxylation is 1. The second kappa shape index (κ2) is 18.4. The number of likely N-dealkylation sites (N-methyl/N-ethyl adjacent to an activating group) is 1. The number of nitrogens with one attached hydrogen (secondary N) is 1. The number of hydrogen-bond acceptors (Lipinski definition) is 7. The SMILES string of the molecule is C=S1NC(=O)c2ccc3c(c2)N(CC(c2ccc(Cl)cc2CCC)CO3)CC2CCC2C(C=O)CCCC(C)C1C.CN(C)C(C)(CO)CO. The van der Waals surface area contributed by atoms with Gasteiger partial charge in [0.15, 0.2) is 0 Å². The van der Waals surface area contributed by atoms with Crippen LogP contribution in [0.3, 0.4) is 0 Å². The lowest BCUT2D eigenvalue weighted by atomic mass is 9.66. The molecule has 0 saturated heterocycles. The summed E-state index contributed by atoms with van der Waals surface area (Å²) in [5.74, 6) is 6.62. The van der Waals surface area contributed by atoms with Crippen molar-refractivity contribution in [2.45, 2.75) is 89.3 Å². The number of carbonyl (C=O) groups excluding carboxylic acids is 2. The van der Waals surface area contributed by atoms with E-state index in [1.165, 1.54) is 17.4 Å². The predicted octanol–water partition coefficient (Wildman–Crippen LogP) is 6.96. The van der Waals surface area contributed by atoms with Gasteiger partial charge in [0, 0.05) is 40.8 Å². The van der Waals surface area contributed by atoms with E-state index in [1.54, 1.807) is 11.8 Å². The molecule has 278 valence electrons. The summed E-state index contributed by atoms with van der Waals surface area (Å²) in [6.45, 7) is 10.6. The van der Waals surface area contributed by atoms with Gasteiger partial charge in [-0.15, -0.1) is 0 Å². The maximum Gasteiger partial charge on any atom is 0.260 e. The molecule has 1 fully saturated rings. The Bertz CT molecular complexity index is 1470. The number of aliphatic hydroxyl groups excluding tert-OH is 2. The molecular weight excluding hydrogens is 670 g/mol. The molecule has 3 N–H and O–H groups in total. The number of nitrogens with zero attached hydrogens (tertiary/aromatic N) is 2. The van der Waals surface area contributed by atoms with Crippen LogP contribution in [0.15, 0.2) is 36.4 Å². The number of amides is 1. The van der Waals surface area contributed by atoms with Crippen LogP contribution in [-0.4, -0.2) is 91.0 Å². The third-order valence-electron chi connectivity index (χ3n) is 11.6. The molecule has 7 atom stereocenters. The van der Waals surface area contributed by atoms with Gasteiger partial charge in [-0.2, -0.15) is 0 Å². The van der Waals surface area contributed by atoms with E-state index in [4.69, 9.17) is 26.6 Å². The third kappa shape index (κ3) is 9.71. The highest BCUT2D eigenvalue weighted by atomic mass is 35.5. The lowest BCUT2D eigenvalue weighted by molar-refractivity contribution is -0.115. The molecule has 50 heavy (non-hydrogen) atoms. The Balaban J connectivity index is 0.000000551. The Hall–Kier alpha value is -2.43. The molecule has 8 nitrogen and oxygen atoms in total. The zero-order chi connectivity index (χ0) is 36.6. The molecule has 3 aliphatic rings. The van der Waals surface area contributed by atoms with Crippen molar-refractivity contribution in [2.24, 2.45) is 23.7 Å². The van der Waals surface area contributed by atoms with Crippen LogP contribution in [-0.2, 0) is 11.2 Å². The molecule has 2 aliphatic heterocycles. The first-order valence-corrected chi connectivity index (χ1v) is 20.2. The number of benzene rings is 2. The van der Waals surface area contributed by atoms with Crippen molar-refractivity contribution in [2.75, 3.05) is 51.9 Å². The van der Waals surface area contributed by atoms with Crippen LogP contribution in [0.2, 0.25) is 5.02 Å². The van der Waals surface area contributed by atoms with E-state index >= 15 is 0 Å². The quantitative estimate of drug-likeness (QED) is 0.209. The number of carbonyl (C=O) groups is 2. The van der Waals surface area contributed by atoms with E-state index in [2.05, 4.69) is 48.4 Å². The normalized spacial score (nSPS) is 27.4. The van der Waals surface area contributed by atoms with Gasteiger partial charge in [-0.25, -0.2) is 0 Å². The molecule has 5 rings (SSSR count). The highest BCUT2D eigenvalue weighted by Gasteiger charge is 2.39. The maximum absolute atomic E-state index is 13.4. The van der Waals surface area contributed by atoms with Crippen LogP contribution in [0.1, 0.15) is 93.6 Å². The van der Waals surface area contributed by atoms with Crippen molar-refractivity contribution in [1.82, 2.24) is 9.62 Å². The number of rotatable bonds is 7. The number of aliphatic hydroxyl groups is 2. The van der Waals surface area contributed by atoms with Crippen LogP contribution < -0.4 is 14.4 Å². The molecule has 0 radical (unpaired) electrons. The van der Waals surface area contributed by atoms with Gasteiger partial charge in [0.2, 0.25) is 0 Å². The Morgan fingerprint density at radius 2 is 1.84 bits per heavy atom. The van der Waals surface area contributed by atoms with Crippen molar-refractivity contribution >= 4 is 46.0 Å². The lowest BCUT2D eigenvalue weighted by Crippen LogP contribution is -2.47. The number of anilines is 1. The minimum Gasteiger partial charge on any atom is -0.491 e. The fraction of sp³-hybridized carbons (Fsp3) is 0.625. The number of halogens is 1. The molecular formula is C40H60ClN3O5S. The average Bonchev–Trinajstić information content (AvgIpc) is 3.27. The van der Waals surface area contributed by atoms with Gasteiger partial charge in [-0.1, -0.05) is 67.8 Å². The molecule has 10 heteroatoms. The summed E-state index contributed by atoms with van der Waals surface area (Å²) in [5, 5.41) is 18.5. The largest absolute Gasteiger partial charge is 0.491 e. The van der Waals surface area contributed by atoms with Gasteiger partial charge in [0.05, 0.1) is 31.0 Å². The van der Waals surface area contributed by atoms with E-state index in [1.807, 2.05) is 38.4 Å². The first-order valence-electron chi connectivity index (χ1n) is 18.3. The summed E-state index contributed by atoms with van der Waals surface area (Å²) in [5.41, 5.74) is 3.70. The molecule has 7 unspecified atom stereocenters. The van der Waals surface area contributed by atoms with Gasteiger partial charge in [-0.3, -0.25) is 9.69 Å². The number of fused-ring (bicyclic) bond motifs is 2. The highest BCUT2D eigenvalue weighted by Crippen LogP contribution is 2.45. The zero-order valence-corrected chi connectivity index (χ0v) is 32.6. The molecule has 1 saturated carbocycles. The molecule has 0 aromatic heterocycles. The van der Waals surface area contributed by atoms with Gasteiger partial charge >= 0.3 is 0 Å². The maximum atomic E-state index is 13.4. The minimum absolute atomic E-state index is 0.0174. The third-order valence-corrected chi connectivity index (χ3v) is 13.6. The summed E-state index contributed by atoms with van der Waals surface area (Å²) in [6, 6.07) is 12.1. The van der Waals surface area contributed by atoms with Gasteiger partial charge in [-0.05, 0) is 112 Å². The summed E-state index contributed by atoms with van der Waals surface area (Å²) in [7, 11) is 3.14. The Labute approximate surface area is 308 Å². The van der Waals surface area contributed by atoms with Crippen LogP contribution in [0.4, 0.5) is 5.69 Å². The van der Waals surface area contributed by atoms with Crippen molar-refractivity contribution in [3.05, 3.63) is 58.1 Å². The standard InChI is InChI=1S/C34H45ClN2O3S.C6H15NO2/c1-5-7-24-16-29(35)12-14-30(24)28-19-37-18-26-10-13-31(26)27(20-38)9-6-8-22(2)23(3)41(4)36-34(39)25-11-15-33(40-21-28)32(37)17-25;1-6(4-8,5-9)7(2)3/h11-12,14-17,20,22-23,26-28,31H,4-10,13,18-19,21H2,1-3H3,(H,36,39);8-9H,4-5H2,1-3H3. The van der Waals surface area contributed by atoms with Gasteiger partial charge < -0.3 is 29.4 Å². The second-order valence-electron chi connectivity index (χ2n) is 15.2. The van der Waals surface area contributed by atoms with Crippen molar-refractivity contribution < 1.29 is 24.5 Å². The topological polar surface area (TPSA) is 102 Å². The predicted molar refractivity (Wildman–Crippen MR) is 209 cm³/mol. The molecule has 1 aliphatic carbocycles. The van der Waals surface area contributed by atoms with E-state index in [-0.39, 0.29) is 36.2 Å². The van der Waals surface area contributed by atoms with E-state index in [0.717, 1.165) is 74.5 Å². The van der Waals surface area contributed by atoms with E-state index in [0.29, 0.717) is 29.9 Å². The fourth-order valence-electron chi connectivity index (χ4n) is 7.30. The molecule has 2 aromatic carbocycles. The fourth-order valence-corrected chi connectivity index (χ4v) is 8.73. The van der Waals surface area contributed by atoms with E-state index < -0.39 is 16.2 Å². The molecule has 1 amide bonds. The van der Waals surface area contributed by atoms with E-state index in [9.17, 15) is 9.59 Å². The molecule has 2 heterocycles. The van der Waals surface area contributed by atoms with Crippen molar-refractivity contribution in [3.63, 3.8) is 0 Å². The monoisotopic (exact) mass is 729 g/mol. The van der Waals surface area contributed by atoms with Crippen LogP contribution >= 0.6 is 22.3 Å². The Morgan fingerprint density at radius 1 is 1.10 bits per heavy atom. The van der Waals surface area contributed by atoms with Crippen molar-refractivity contribution in [3.8, 4) is 5.75 Å². The lowest BCUT2D eigenvalue weighted by Gasteiger charge is -2.43. The Morgan fingerprint density at radius 3 is 2.44 bits per heavy atom. The highest BCUT2D eigenvalue weighted by molar-refractivity contribution is 8.13. The van der Waals surface area contributed by atoms with Crippen molar-refractivity contribution in [1.29, 1.82) is 0 Å². The Kier molecular flexibility index (Phi) is 14.8. The molecule has 2 bridgehead atoms. The zero-order valence-electron chi connectivity index (χ0n) is 31.0. The number of aldehydes is 1. The van der Waals surface area contributed by atoms with Gasteiger partial charge in [0.25, 0.3) is 5.91 Å². The van der Waals surface area contributed by atoms with Gasteiger partial charge in [0.1, 0.15) is 12.0 Å². The molecule has 2 aromatic rings. The summed E-state index contributed by atoms with van der Waals surface area (Å²) in [4.78, 5) is 30.0. The van der Waals surface area contributed by atoms with Crippen LogP contribution in [0.5, 0.6) is 5.75 Å². The van der Waals surface area contributed by atoms with Crippen LogP contribution in [0.25, 0.3) is 0 Å². The summed E-state index contributed by atoms with van der Waals surface area (Å²) in [6.07, 6.45) is 8.51. The number of hydrogen-bond donors (Lipinski definition) is 3. The van der Waals surface area contributed by atoms with Crippen LogP contribution in [0, 0.1) is 23.7 Å². The first-order chi connectivity index (χ1) is 23.8. The first kappa shape index (κ1) is 40.3. The smallest absolute Gasteiger partial charge is 0.260 e.